The molecule has 0 radical (unpaired) electrons. The molecule has 1 aromatic heterocycles. The van der Waals surface area contributed by atoms with Crippen LogP contribution in [0.25, 0.3) is 22.0 Å². The molecular weight excluding hydrogens is 354 g/mol. The maximum absolute atomic E-state index is 6.08. The van der Waals surface area contributed by atoms with E-state index in [0.29, 0.717) is 6.61 Å². The Morgan fingerprint density at radius 2 is 1.45 bits per heavy atom. The molecule has 0 aliphatic rings. The Labute approximate surface area is 173 Å². The summed E-state index contributed by atoms with van der Waals surface area (Å²) < 4.78 is 6.08. The second-order valence-corrected chi connectivity index (χ2v) is 7.40. The van der Waals surface area contributed by atoms with E-state index in [1.165, 1.54) is 27.5 Å². The van der Waals surface area contributed by atoms with Crippen LogP contribution in [0.4, 0.5) is 0 Å². The van der Waals surface area contributed by atoms with Gasteiger partial charge < -0.3 is 4.74 Å². The zero-order valence-electron chi connectivity index (χ0n) is 17.4. The van der Waals surface area contributed by atoms with E-state index < -0.39 is 0 Å². The topological polar surface area (TPSA) is 22.1 Å². The minimum Gasteiger partial charge on any atom is -0.489 e. The second kappa shape index (κ2) is 8.48. The third-order valence-electron chi connectivity index (χ3n) is 5.57. The highest BCUT2D eigenvalue weighted by molar-refractivity contribution is 5.83. The zero-order valence-corrected chi connectivity index (χ0v) is 17.4. The fourth-order valence-corrected chi connectivity index (χ4v) is 3.87. The molecular formula is C27H27NO. The number of fused-ring (bicyclic) bond motifs is 1. The summed E-state index contributed by atoms with van der Waals surface area (Å²) in [5, 5.41) is 2.42. The molecule has 0 spiro atoms. The van der Waals surface area contributed by atoms with Gasteiger partial charge >= 0.3 is 0 Å². The molecule has 0 saturated heterocycles. The number of pyridine rings is 1. The summed E-state index contributed by atoms with van der Waals surface area (Å²) in [6.45, 7) is 7.00. The Hall–Kier alpha value is -3.13. The van der Waals surface area contributed by atoms with Crippen LogP contribution in [-0.4, -0.2) is 4.98 Å². The maximum atomic E-state index is 6.08. The molecule has 0 fully saturated rings. The largest absolute Gasteiger partial charge is 0.489 e. The first-order chi connectivity index (χ1) is 14.2. The quantitative estimate of drug-likeness (QED) is 0.362. The van der Waals surface area contributed by atoms with Gasteiger partial charge in [-0.1, -0.05) is 68.4 Å². The third kappa shape index (κ3) is 4.02. The Balaban J connectivity index is 1.58. The lowest BCUT2D eigenvalue weighted by Crippen LogP contribution is -2.02. The number of hydrogen-bond donors (Lipinski definition) is 0. The van der Waals surface area contributed by atoms with Crippen LogP contribution < -0.4 is 4.74 Å². The van der Waals surface area contributed by atoms with Crippen LogP contribution in [0.15, 0.2) is 72.8 Å². The molecule has 4 aromatic rings. The van der Waals surface area contributed by atoms with Crippen molar-refractivity contribution in [1.29, 1.82) is 0 Å². The van der Waals surface area contributed by atoms with E-state index in [1.54, 1.807) is 0 Å². The lowest BCUT2D eigenvalue weighted by molar-refractivity contribution is 0.305. The van der Waals surface area contributed by atoms with Crippen LogP contribution in [0.3, 0.4) is 0 Å². The number of ether oxygens (including phenoxy) is 1. The highest BCUT2D eigenvalue weighted by Crippen LogP contribution is 2.29. The second-order valence-electron chi connectivity index (χ2n) is 7.40. The van der Waals surface area contributed by atoms with E-state index in [1.807, 2.05) is 6.07 Å². The van der Waals surface area contributed by atoms with Crippen LogP contribution in [0.5, 0.6) is 5.75 Å². The van der Waals surface area contributed by atoms with Crippen LogP contribution >= 0.6 is 0 Å². The fraction of sp³-hybridized carbons (Fsp3) is 0.222. The van der Waals surface area contributed by atoms with Crippen molar-refractivity contribution in [3.8, 4) is 17.0 Å². The number of nitrogens with zero attached hydrogens (tertiary/aromatic N) is 1. The zero-order chi connectivity index (χ0) is 20.2. The molecule has 4 rings (SSSR count). The van der Waals surface area contributed by atoms with Gasteiger partial charge in [0.05, 0.1) is 5.69 Å². The molecule has 0 atom stereocenters. The monoisotopic (exact) mass is 381 g/mol. The van der Waals surface area contributed by atoms with Gasteiger partial charge in [-0.2, -0.15) is 0 Å². The number of hydrogen-bond acceptors (Lipinski definition) is 2. The summed E-state index contributed by atoms with van der Waals surface area (Å²) in [6, 6.07) is 25.4. The molecule has 0 unspecified atom stereocenters. The maximum Gasteiger partial charge on any atom is 0.120 e. The number of benzene rings is 3. The van der Waals surface area contributed by atoms with E-state index in [9.17, 15) is 0 Å². The summed E-state index contributed by atoms with van der Waals surface area (Å²) in [5.41, 5.74) is 7.21. The van der Waals surface area contributed by atoms with Crippen LogP contribution in [-0.2, 0) is 19.4 Å². The third-order valence-corrected chi connectivity index (χ3v) is 5.57. The predicted octanol–water partition coefficient (Wildman–Crippen LogP) is 6.91. The molecule has 3 aromatic carbocycles. The summed E-state index contributed by atoms with van der Waals surface area (Å²) in [6.07, 6.45) is 2.02. The van der Waals surface area contributed by atoms with Crippen molar-refractivity contribution in [3.63, 3.8) is 0 Å². The average molecular weight is 382 g/mol. The highest BCUT2D eigenvalue weighted by atomic mass is 16.5. The van der Waals surface area contributed by atoms with Gasteiger partial charge in [-0.3, -0.25) is 4.98 Å². The van der Waals surface area contributed by atoms with Crippen molar-refractivity contribution < 1.29 is 4.74 Å². The van der Waals surface area contributed by atoms with E-state index in [-0.39, 0.29) is 0 Å². The van der Waals surface area contributed by atoms with Crippen molar-refractivity contribution in [2.45, 2.75) is 40.2 Å². The van der Waals surface area contributed by atoms with Gasteiger partial charge in [0.25, 0.3) is 0 Å². The smallest absolute Gasteiger partial charge is 0.120 e. The summed E-state index contributed by atoms with van der Waals surface area (Å²) in [7, 11) is 0. The van der Waals surface area contributed by atoms with Crippen LogP contribution in [0.1, 0.15) is 36.2 Å². The van der Waals surface area contributed by atoms with Crippen molar-refractivity contribution in [1.82, 2.24) is 4.98 Å². The van der Waals surface area contributed by atoms with Crippen molar-refractivity contribution >= 4 is 10.8 Å². The molecule has 0 aliphatic heterocycles. The first-order valence-corrected chi connectivity index (χ1v) is 10.4. The average Bonchev–Trinajstić information content (AvgIpc) is 2.77. The van der Waals surface area contributed by atoms with Gasteiger partial charge in [-0.25, -0.2) is 0 Å². The highest BCUT2D eigenvalue weighted by Gasteiger charge is 2.12. The molecule has 1 heterocycles. The predicted molar refractivity (Wildman–Crippen MR) is 121 cm³/mol. The molecule has 0 amide bonds. The minimum atomic E-state index is 0.521. The van der Waals surface area contributed by atoms with Crippen molar-refractivity contribution in [2.24, 2.45) is 0 Å². The van der Waals surface area contributed by atoms with Gasteiger partial charge in [0.1, 0.15) is 12.4 Å². The number of aryl methyl sites for hydroxylation is 3. The van der Waals surface area contributed by atoms with Gasteiger partial charge in [0, 0.05) is 16.8 Å². The molecule has 0 saturated carbocycles. The molecule has 29 heavy (non-hydrogen) atoms. The van der Waals surface area contributed by atoms with Gasteiger partial charge in [0.15, 0.2) is 0 Å². The summed E-state index contributed by atoms with van der Waals surface area (Å²) in [5.74, 6) is 0.886. The first-order valence-electron chi connectivity index (χ1n) is 10.4. The van der Waals surface area contributed by atoms with Crippen molar-refractivity contribution in [3.05, 3.63) is 95.2 Å². The van der Waals surface area contributed by atoms with Crippen LogP contribution in [0, 0.1) is 6.92 Å². The minimum absolute atomic E-state index is 0.521. The first kappa shape index (κ1) is 19.2. The molecule has 2 heteroatoms. The fourth-order valence-electron chi connectivity index (χ4n) is 3.87. The molecule has 0 N–H and O–H groups in total. The van der Waals surface area contributed by atoms with Crippen LogP contribution in [0.2, 0.25) is 0 Å². The number of aromatic nitrogens is 1. The molecule has 2 nitrogen and oxygen atoms in total. The lowest BCUT2D eigenvalue weighted by atomic mass is 9.94. The number of rotatable bonds is 6. The van der Waals surface area contributed by atoms with E-state index in [0.717, 1.165) is 35.5 Å². The SMILES string of the molecule is CCc1cccc(CC)c1-c1ccc(COc2ccc3ccccc3c2)c(C)n1. The molecule has 0 aliphatic carbocycles. The molecule has 146 valence electrons. The van der Waals surface area contributed by atoms with Gasteiger partial charge in [-0.05, 0) is 59.9 Å². The van der Waals surface area contributed by atoms with E-state index in [4.69, 9.17) is 9.72 Å². The lowest BCUT2D eigenvalue weighted by Gasteiger charge is -2.15. The molecule has 0 bridgehead atoms. The Kier molecular flexibility index (Phi) is 5.62. The standard InChI is InChI=1S/C27H27NO/c1-4-20-11-8-12-21(5-2)27(20)26-16-14-24(19(3)28-26)18-29-25-15-13-22-9-6-7-10-23(22)17-25/h6-17H,4-5,18H2,1-3H3. The Bertz CT molecular complexity index is 1120. The summed E-state index contributed by atoms with van der Waals surface area (Å²) in [4.78, 5) is 4.94. The summed E-state index contributed by atoms with van der Waals surface area (Å²) >= 11 is 0. The van der Waals surface area contributed by atoms with E-state index >= 15 is 0 Å². The van der Waals surface area contributed by atoms with E-state index in [2.05, 4.69) is 87.5 Å². The normalized spacial score (nSPS) is 11.0. The Morgan fingerprint density at radius 3 is 2.14 bits per heavy atom. The van der Waals surface area contributed by atoms with Crippen molar-refractivity contribution in [2.75, 3.05) is 0 Å². The van der Waals surface area contributed by atoms with Gasteiger partial charge in [-0.15, -0.1) is 0 Å². The Morgan fingerprint density at radius 1 is 0.724 bits per heavy atom. The van der Waals surface area contributed by atoms with Gasteiger partial charge in [0.2, 0.25) is 0 Å².